The number of aromatic nitrogens is 2. The fourth-order valence-corrected chi connectivity index (χ4v) is 3.09. The highest BCUT2D eigenvalue weighted by Crippen LogP contribution is 2.25. The van der Waals surface area contributed by atoms with Crippen LogP contribution in [-0.2, 0) is 17.6 Å². The first-order valence-corrected chi connectivity index (χ1v) is 9.23. The summed E-state index contributed by atoms with van der Waals surface area (Å²) in [6, 6.07) is 17.8. The Morgan fingerprint density at radius 1 is 1.04 bits per heavy atom. The normalized spacial score (nSPS) is 11.0. The van der Waals surface area contributed by atoms with Crippen LogP contribution < -0.4 is 5.32 Å². The molecule has 1 amide bonds. The topological polar surface area (TPSA) is 70.9 Å². The highest BCUT2D eigenvalue weighted by molar-refractivity contribution is 5.76. The lowest BCUT2D eigenvalue weighted by molar-refractivity contribution is -0.121. The van der Waals surface area contributed by atoms with Crippen molar-refractivity contribution >= 4 is 16.9 Å². The number of fused-ring (bicyclic) bond motifs is 1. The van der Waals surface area contributed by atoms with Crippen molar-refractivity contribution in [3.05, 3.63) is 78.1 Å². The minimum atomic E-state index is -0.327. The Morgan fingerprint density at radius 2 is 1.86 bits per heavy atom. The van der Waals surface area contributed by atoms with Gasteiger partial charge in [-0.1, -0.05) is 24.3 Å². The van der Waals surface area contributed by atoms with Gasteiger partial charge in [-0.05, 0) is 36.4 Å². The van der Waals surface area contributed by atoms with Gasteiger partial charge in [0.2, 0.25) is 5.91 Å². The summed E-state index contributed by atoms with van der Waals surface area (Å²) in [6.07, 6.45) is 1.41. The van der Waals surface area contributed by atoms with E-state index in [-0.39, 0.29) is 11.7 Å². The van der Waals surface area contributed by atoms with Crippen LogP contribution in [0, 0.1) is 5.82 Å². The Bertz CT molecular complexity index is 1070. The standard InChI is InChI=1S/C22H20FN3O2/c23-17-6-2-1-5-16(17)20-11-9-15(28-20)10-12-22(27)24-14-13-21-25-18-7-3-4-8-19(18)26-21/h1-9,11H,10,12-14H2,(H,24,27)(H,25,26). The molecule has 0 fully saturated rings. The second kappa shape index (κ2) is 8.08. The number of hydrogen-bond donors (Lipinski definition) is 2. The van der Waals surface area contributed by atoms with Crippen molar-refractivity contribution in [1.82, 2.24) is 15.3 Å². The van der Waals surface area contributed by atoms with Crippen molar-refractivity contribution in [2.45, 2.75) is 19.3 Å². The number of amides is 1. The molecule has 0 aliphatic heterocycles. The maximum atomic E-state index is 13.8. The zero-order valence-corrected chi connectivity index (χ0v) is 15.2. The molecule has 2 heterocycles. The summed E-state index contributed by atoms with van der Waals surface area (Å²) in [7, 11) is 0. The van der Waals surface area contributed by atoms with Gasteiger partial charge < -0.3 is 14.7 Å². The maximum Gasteiger partial charge on any atom is 0.220 e. The minimum absolute atomic E-state index is 0.0556. The number of halogens is 1. The van der Waals surface area contributed by atoms with Crippen LogP contribution >= 0.6 is 0 Å². The highest BCUT2D eigenvalue weighted by Gasteiger charge is 2.10. The fourth-order valence-electron chi connectivity index (χ4n) is 3.09. The van der Waals surface area contributed by atoms with E-state index in [0.29, 0.717) is 42.9 Å². The van der Waals surface area contributed by atoms with Crippen molar-refractivity contribution < 1.29 is 13.6 Å². The lowest BCUT2D eigenvalue weighted by Gasteiger charge is -2.03. The van der Waals surface area contributed by atoms with Gasteiger partial charge in [0.05, 0.1) is 16.6 Å². The van der Waals surface area contributed by atoms with E-state index in [0.717, 1.165) is 16.9 Å². The summed E-state index contributed by atoms with van der Waals surface area (Å²) in [5, 5.41) is 2.89. The summed E-state index contributed by atoms with van der Waals surface area (Å²) < 4.78 is 19.5. The number of carbonyl (C=O) groups excluding carboxylic acids is 1. The van der Waals surface area contributed by atoms with Crippen LogP contribution in [0.25, 0.3) is 22.4 Å². The number of para-hydroxylation sites is 2. The second-order valence-corrected chi connectivity index (χ2v) is 6.55. The van der Waals surface area contributed by atoms with Gasteiger partial charge in [-0.15, -0.1) is 0 Å². The van der Waals surface area contributed by atoms with E-state index in [1.807, 2.05) is 24.3 Å². The van der Waals surface area contributed by atoms with Gasteiger partial charge >= 0.3 is 0 Å². The van der Waals surface area contributed by atoms with Crippen LogP contribution in [0.3, 0.4) is 0 Å². The van der Waals surface area contributed by atoms with Crippen LogP contribution in [0.2, 0.25) is 0 Å². The number of imidazole rings is 1. The number of benzene rings is 2. The molecule has 5 nitrogen and oxygen atoms in total. The molecule has 28 heavy (non-hydrogen) atoms. The molecule has 2 aromatic heterocycles. The summed E-state index contributed by atoms with van der Waals surface area (Å²) in [6.45, 7) is 0.511. The Kier molecular flexibility index (Phi) is 5.19. The zero-order chi connectivity index (χ0) is 19.3. The lowest BCUT2D eigenvalue weighted by Crippen LogP contribution is -2.26. The van der Waals surface area contributed by atoms with Crippen molar-refractivity contribution in [1.29, 1.82) is 0 Å². The smallest absolute Gasteiger partial charge is 0.220 e. The summed E-state index contributed by atoms with van der Waals surface area (Å²) in [4.78, 5) is 19.8. The largest absolute Gasteiger partial charge is 0.461 e. The van der Waals surface area contributed by atoms with E-state index in [1.54, 1.807) is 30.3 Å². The number of carbonyl (C=O) groups is 1. The molecule has 4 aromatic rings. The molecule has 0 saturated heterocycles. The number of H-pyrrole nitrogens is 1. The Hall–Kier alpha value is -3.41. The third-order valence-corrected chi connectivity index (χ3v) is 4.52. The van der Waals surface area contributed by atoms with E-state index in [9.17, 15) is 9.18 Å². The van der Waals surface area contributed by atoms with Gasteiger partial charge in [-0.2, -0.15) is 0 Å². The molecule has 0 aliphatic rings. The van der Waals surface area contributed by atoms with Gasteiger partial charge in [-0.25, -0.2) is 9.37 Å². The zero-order valence-electron chi connectivity index (χ0n) is 15.2. The number of nitrogens with one attached hydrogen (secondary N) is 2. The van der Waals surface area contributed by atoms with Crippen molar-refractivity contribution in [2.75, 3.05) is 6.54 Å². The van der Waals surface area contributed by atoms with Gasteiger partial charge in [0.25, 0.3) is 0 Å². The molecule has 2 N–H and O–H groups in total. The van der Waals surface area contributed by atoms with E-state index < -0.39 is 0 Å². The van der Waals surface area contributed by atoms with Gasteiger partial charge in [0.15, 0.2) is 0 Å². The van der Waals surface area contributed by atoms with Crippen molar-refractivity contribution in [3.63, 3.8) is 0 Å². The first kappa shape index (κ1) is 18.0. The molecule has 0 aliphatic carbocycles. The molecule has 0 unspecified atom stereocenters. The van der Waals surface area contributed by atoms with Crippen LogP contribution in [0.4, 0.5) is 4.39 Å². The minimum Gasteiger partial charge on any atom is -0.461 e. The Labute approximate surface area is 161 Å². The molecule has 2 aromatic carbocycles. The van der Waals surface area contributed by atoms with E-state index in [2.05, 4.69) is 15.3 Å². The molecule has 0 atom stereocenters. The monoisotopic (exact) mass is 377 g/mol. The molecular formula is C22H20FN3O2. The summed E-state index contributed by atoms with van der Waals surface area (Å²) in [5.74, 6) is 1.60. The maximum absolute atomic E-state index is 13.8. The lowest BCUT2D eigenvalue weighted by atomic mass is 10.1. The predicted octanol–water partition coefficient (Wildman–Crippen LogP) is 4.25. The molecule has 0 radical (unpaired) electrons. The van der Waals surface area contributed by atoms with Crippen LogP contribution in [0.15, 0.2) is 65.1 Å². The third kappa shape index (κ3) is 4.11. The predicted molar refractivity (Wildman–Crippen MR) is 105 cm³/mol. The van der Waals surface area contributed by atoms with E-state index in [1.165, 1.54) is 6.07 Å². The number of aryl methyl sites for hydroxylation is 1. The van der Waals surface area contributed by atoms with Crippen molar-refractivity contribution in [3.8, 4) is 11.3 Å². The van der Waals surface area contributed by atoms with E-state index >= 15 is 0 Å². The molecule has 0 saturated carbocycles. The van der Waals surface area contributed by atoms with Crippen molar-refractivity contribution in [2.24, 2.45) is 0 Å². The third-order valence-electron chi connectivity index (χ3n) is 4.52. The fraction of sp³-hybridized carbons (Fsp3) is 0.182. The average molecular weight is 377 g/mol. The first-order valence-electron chi connectivity index (χ1n) is 9.23. The first-order chi connectivity index (χ1) is 13.7. The van der Waals surface area contributed by atoms with Crippen LogP contribution in [0.1, 0.15) is 18.0 Å². The SMILES string of the molecule is O=C(CCc1ccc(-c2ccccc2F)o1)NCCc1nc2ccccc2[nH]1. The van der Waals surface area contributed by atoms with E-state index in [4.69, 9.17) is 4.42 Å². The number of nitrogens with zero attached hydrogens (tertiary/aromatic N) is 1. The van der Waals surface area contributed by atoms with Crippen LogP contribution in [0.5, 0.6) is 0 Å². The number of aromatic amines is 1. The number of hydrogen-bond acceptors (Lipinski definition) is 3. The summed E-state index contributed by atoms with van der Waals surface area (Å²) in [5.41, 5.74) is 2.34. The quantitative estimate of drug-likeness (QED) is 0.506. The average Bonchev–Trinajstić information content (AvgIpc) is 3.33. The molecule has 142 valence electrons. The molecular weight excluding hydrogens is 357 g/mol. The van der Waals surface area contributed by atoms with Gasteiger partial charge in [0.1, 0.15) is 23.2 Å². The number of furan rings is 1. The highest BCUT2D eigenvalue weighted by atomic mass is 19.1. The molecule has 0 spiro atoms. The Morgan fingerprint density at radius 3 is 2.71 bits per heavy atom. The summed E-state index contributed by atoms with van der Waals surface area (Å²) >= 11 is 0. The number of rotatable bonds is 7. The van der Waals surface area contributed by atoms with Gasteiger partial charge in [-0.3, -0.25) is 4.79 Å². The molecule has 4 rings (SSSR count). The van der Waals surface area contributed by atoms with Gasteiger partial charge in [0, 0.05) is 25.8 Å². The Balaban J connectivity index is 1.25. The molecule has 6 heteroatoms. The second-order valence-electron chi connectivity index (χ2n) is 6.55. The molecule has 0 bridgehead atoms. The van der Waals surface area contributed by atoms with Crippen LogP contribution in [-0.4, -0.2) is 22.4 Å².